The van der Waals surface area contributed by atoms with Crippen LogP contribution in [0.3, 0.4) is 0 Å². The molecule has 0 amide bonds. The quantitative estimate of drug-likeness (QED) is 0.790. The van der Waals surface area contributed by atoms with E-state index in [2.05, 4.69) is 12.2 Å². The highest BCUT2D eigenvalue weighted by atomic mass is 35.5. The maximum Gasteiger partial charge on any atom is 0.134 e. The van der Waals surface area contributed by atoms with Crippen molar-refractivity contribution in [2.75, 3.05) is 13.7 Å². The second kappa shape index (κ2) is 7.32. The van der Waals surface area contributed by atoms with Gasteiger partial charge >= 0.3 is 0 Å². The smallest absolute Gasteiger partial charge is 0.134 e. The number of benzene rings is 1. The van der Waals surface area contributed by atoms with Crippen LogP contribution in [-0.2, 0) is 0 Å². The van der Waals surface area contributed by atoms with Gasteiger partial charge < -0.3 is 10.1 Å². The summed E-state index contributed by atoms with van der Waals surface area (Å²) in [7, 11) is 1.69. The molecule has 1 aromatic heterocycles. The van der Waals surface area contributed by atoms with Crippen LogP contribution in [0.1, 0.15) is 29.8 Å². The van der Waals surface area contributed by atoms with E-state index >= 15 is 0 Å². The average Bonchev–Trinajstić information content (AvgIpc) is 2.89. The van der Waals surface area contributed by atoms with Crippen LogP contribution in [0.4, 0.5) is 0 Å². The minimum atomic E-state index is 0.0228. The molecule has 0 radical (unpaired) electrons. The van der Waals surface area contributed by atoms with Crippen molar-refractivity contribution in [3.05, 3.63) is 50.1 Å². The standard InChI is InChI=1S/C15H17Cl2NOS/c1-3-7-18-14(15-13(19-2)6-8-20-15)11-5-4-10(16)9-12(11)17/h4-6,8-9,14,18H,3,7H2,1-2H3. The highest BCUT2D eigenvalue weighted by Crippen LogP contribution is 2.38. The summed E-state index contributed by atoms with van der Waals surface area (Å²) in [5.41, 5.74) is 1.02. The third-order valence-electron chi connectivity index (χ3n) is 3.01. The van der Waals surface area contributed by atoms with Crippen molar-refractivity contribution < 1.29 is 4.74 Å². The summed E-state index contributed by atoms with van der Waals surface area (Å²) in [6.45, 7) is 3.05. The van der Waals surface area contributed by atoms with E-state index in [9.17, 15) is 0 Å². The first-order valence-corrected chi connectivity index (χ1v) is 8.10. The van der Waals surface area contributed by atoms with Crippen LogP contribution in [0.2, 0.25) is 10.0 Å². The number of ether oxygens (including phenoxy) is 1. The van der Waals surface area contributed by atoms with E-state index in [1.807, 2.05) is 23.6 Å². The number of halogens is 2. The van der Waals surface area contributed by atoms with E-state index in [0.717, 1.165) is 29.2 Å². The van der Waals surface area contributed by atoms with Gasteiger partial charge in [-0.2, -0.15) is 0 Å². The van der Waals surface area contributed by atoms with E-state index in [0.29, 0.717) is 10.0 Å². The van der Waals surface area contributed by atoms with Gasteiger partial charge in [0.05, 0.1) is 18.0 Å². The SMILES string of the molecule is CCCNC(c1ccc(Cl)cc1Cl)c1sccc1OC. The minimum Gasteiger partial charge on any atom is -0.496 e. The Morgan fingerprint density at radius 3 is 2.75 bits per heavy atom. The van der Waals surface area contributed by atoms with Gasteiger partial charge in [-0.15, -0.1) is 11.3 Å². The summed E-state index contributed by atoms with van der Waals surface area (Å²) in [6, 6.07) is 7.61. The molecule has 1 heterocycles. The topological polar surface area (TPSA) is 21.3 Å². The molecule has 20 heavy (non-hydrogen) atoms. The zero-order valence-corrected chi connectivity index (χ0v) is 13.8. The molecule has 0 bridgehead atoms. The van der Waals surface area contributed by atoms with Crippen molar-refractivity contribution in [1.29, 1.82) is 0 Å². The summed E-state index contributed by atoms with van der Waals surface area (Å²) in [5.74, 6) is 0.884. The maximum atomic E-state index is 6.35. The zero-order valence-electron chi connectivity index (χ0n) is 11.5. The Hall–Kier alpha value is -0.740. The van der Waals surface area contributed by atoms with Crippen LogP contribution in [0.15, 0.2) is 29.6 Å². The predicted molar refractivity (Wildman–Crippen MR) is 87.5 cm³/mol. The van der Waals surface area contributed by atoms with Gasteiger partial charge in [-0.1, -0.05) is 36.2 Å². The maximum absolute atomic E-state index is 6.35. The number of nitrogens with one attached hydrogen (secondary N) is 1. The fourth-order valence-electron chi connectivity index (χ4n) is 2.06. The van der Waals surface area contributed by atoms with Crippen LogP contribution in [-0.4, -0.2) is 13.7 Å². The van der Waals surface area contributed by atoms with Crippen LogP contribution in [0.25, 0.3) is 0 Å². The lowest BCUT2D eigenvalue weighted by atomic mass is 10.0. The number of hydrogen-bond donors (Lipinski definition) is 1. The first kappa shape index (κ1) is 15.6. The normalized spacial score (nSPS) is 12.4. The van der Waals surface area contributed by atoms with Gasteiger partial charge in [0.1, 0.15) is 5.75 Å². The van der Waals surface area contributed by atoms with Gasteiger partial charge in [0, 0.05) is 10.0 Å². The van der Waals surface area contributed by atoms with Crippen molar-refractivity contribution in [2.24, 2.45) is 0 Å². The van der Waals surface area contributed by atoms with Gasteiger partial charge in [0.25, 0.3) is 0 Å². The van der Waals surface area contributed by atoms with Gasteiger partial charge in [0.2, 0.25) is 0 Å². The summed E-state index contributed by atoms with van der Waals surface area (Å²) < 4.78 is 5.43. The Balaban J connectivity index is 2.41. The monoisotopic (exact) mass is 329 g/mol. The van der Waals surface area contributed by atoms with Crippen LogP contribution < -0.4 is 10.1 Å². The summed E-state index contributed by atoms with van der Waals surface area (Å²) in [4.78, 5) is 1.13. The highest BCUT2D eigenvalue weighted by molar-refractivity contribution is 7.10. The van der Waals surface area contributed by atoms with E-state index in [1.165, 1.54) is 0 Å². The molecule has 0 aliphatic heterocycles. The third kappa shape index (κ3) is 3.47. The third-order valence-corrected chi connectivity index (χ3v) is 4.54. The second-order valence-electron chi connectivity index (χ2n) is 4.41. The van der Waals surface area contributed by atoms with Crippen LogP contribution in [0.5, 0.6) is 5.75 Å². The largest absolute Gasteiger partial charge is 0.496 e. The molecule has 0 fully saturated rings. The molecule has 2 nitrogen and oxygen atoms in total. The Morgan fingerprint density at radius 1 is 1.30 bits per heavy atom. The molecule has 2 aromatic rings. The van der Waals surface area contributed by atoms with Gasteiger partial charge in [0.15, 0.2) is 0 Å². The summed E-state index contributed by atoms with van der Waals surface area (Å²) in [5, 5.41) is 6.87. The molecule has 0 aliphatic rings. The van der Waals surface area contributed by atoms with Crippen molar-refractivity contribution in [1.82, 2.24) is 5.32 Å². The molecule has 1 aromatic carbocycles. The molecule has 1 unspecified atom stereocenters. The van der Waals surface area contributed by atoms with Crippen molar-refractivity contribution in [3.63, 3.8) is 0 Å². The predicted octanol–water partition coefficient (Wildman–Crippen LogP) is 5.15. The lowest BCUT2D eigenvalue weighted by Gasteiger charge is -2.20. The highest BCUT2D eigenvalue weighted by Gasteiger charge is 2.21. The van der Waals surface area contributed by atoms with Gasteiger partial charge in [-0.25, -0.2) is 0 Å². The van der Waals surface area contributed by atoms with Crippen molar-refractivity contribution in [2.45, 2.75) is 19.4 Å². The van der Waals surface area contributed by atoms with Crippen molar-refractivity contribution >= 4 is 34.5 Å². The van der Waals surface area contributed by atoms with Gasteiger partial charge in [-0.3, -0.25) is 0 Å². The Bertz CT molecular complexity index is 571. The Kier molecular flexibility index (Phi) is 5.73. The zero-order chi connectivity index (χ0) is 14.5. The van der Waals surface area contributed by atoms with E-state index in [4.69, 9.17) is 27.9 Å². The molecule has 1 N–H and O–H groups in total. The molecule has 0 saturated carbocycles. The molecule has 0 saturated heterocycles. The number of rotatable bonds is 6. The number of methoxy groups -OCH3 is 1. The van der Waals surface area contributed by atoms with Crippen LogP contribution in [0, 0.1) is 0 Å². The lowest BCUT2D eigenvalue weighted by molar-refractivity contribution is 0.407. The molecule has 108 valence electrons. The van der Waals surface area contributed by atoms with E-state index in [1.54, 1.807) is 24.5 Å². The summed E-state index contributed by atoms with van der Waals surface area (Å²) in [6.07, 6.45) is 1.05. The molecular weight excluding hydrogens is 313 g/mol. The van der Waals surface area contributed by atoms with E-state index in [-0.39, 0.29) is 6.04 Å². The fourth-order valence-corrected chi connectivity index (χ4v) is 3.53. The average molecular weight is 330 g/mol. The first-order valence-electron chi connectivity index (χ1n) is 6.47. The Morgan fingerprint density at radius 2 is 2.10 bits per heavy atom. The van der Waals surface area contributed by atoms with Gasteiger partial charge in [-0.05, 0) is 42.1 Å². The molecular formula is C15H17Cl2NOS. The Labute approximate surface area is 133 Å². The minimum absolute atomic E-state index is 0.0228. The first-order chi connectivity index (χ1) is 9.67. The lowest BCUT2D eigenvalue weighted by Crippen LogP contribution is -2.23. The van der Waals surface area contributed by atoms with Crippen LogP contribution >= 0.6 is 34.5 Å². The van der Waals surface area contributed by atoms with Crippen molar-refractivity contribution in [3.8, 4) is 5.75 Å². The molecule has 1 atom stereocenters. The fraction of sp³-hybridized carbons (Fsp3) is 0.333. The number of thiophene rings is 1. The summed E-state index contributed by atoms with van der Waals surface area (Å²) >= 11 is 14.0. The second-order valence-corrected chi connectivity index (χ2v) is 6.20. The number of hydrogen-bond acceptors (Lipinski definition) is 3. The van der Waals surface area contributed by atoms with E-state index < -0.39 is 0 Å². The molecule has 2 rings (SSSR count). The molecule has 0 aliphatic carbocycles. The molecule has 5 heteroatoms. The molecule has 0 spiro atoms.